The minimum Gasteiger partial charge on any atom is -0.355 e. The highest BCUT2D eigenvalue weighted by Gasteiger charge is 2.34. The molecule has 1 saturated carbocycles. The van der Waals surface area contributed by atoms with Crippen LogP contribution in [0.5, 0.6) is 0 Å². The molecule has 1 fully saturated rings. The van der Waals surface area contributed by atoms with Gasteiger partial charge in [-0.2, -0.15) is 4.31 Å². The first-order valence-electron chi connectivity index (χ1n) is 9.86. The predicted molar refractivity (Wildman–Crippen MR) is 114 cm³/mol. The van der Waals surface area contributed by atoms with Crippen LogP contribution in [0.2, 0.25) is 0 Å². The standard InChI is InChI=1S/C22H27N3O4S/c1-16-4-12-20(13-5-16)30(28,29)24(3)15-21(26)25(19-10-11-19)14-17-6-8-18(9-7-17)22(27)23-2/h4-9,12-13,19H,10-11,14-15H2,1-3H3,(H,23,27). The average Bonchev–Trinajstić information content (AvgIpc) is 3.57. The van der Waals surface area contributed by atoms with Crippen LogP contribution < -0.4 is 5.32 Å². The second-order valence-corrected chi connectivity index (χ2v) is 9.65. The fourth-order valence-corrected chi connectivity index (χ4v) is 4.29. The Hall–Kier alpha value is -2.71. The van der Waals surface area contributed by atoms with E-state index in [1.54, 1.807) is 48.3 Å². The summed E-state index contributed by atoms with van der Waals surface area (Å²) >= 11 is 0. The number of carbonyl (C=O) groups excluding carboxylic acids is 2. The zero-order valence-electron chi connectivity index (χ0n) is 17.5. The number of carbonyl (C=O) groups is 2. The van der Waals surface area contributed by atoms with Crippen LogP contribution >= 0.6 is 0 Å². The summed E-state index contributed by atoms with van der Waals surface area (Å²) in [4.78, 5) is 26.5. The largest absolute Gasteiger partial charge is 0.355 e. The lowest BCUT2D eigenvalue weighted by Gasteiger charge is -2.25. The quantitative estimate of drug-likeness (QED) is 0.697. The van der Waals surface area contributed by atoms with Crippen LogP contribution in [0.4, 0.5) is 0 Å². The molecule has 8 heteroatoms. The highest BCUT2D eigenvalue weighted by Crippen LogP contribution is 2.29. The lowest BCUT2D eigenvalue weighted by atomic mass is 10.1. The molecule has 0 aliphatic heterocycles. The molecule has 0 unspecified atom stereocenters. The van der Waals surface area contributed by atoms with E-state index in [-0.39, 0.29) is 29.3 Å². The molecule has 1 N–H and O–H groups in total. The third-order valence-electron chi connectivity index (χ3n) is 5.19. The number of aryl methyl sites for hydroxylation is 1. The molecule has 160 valence electrons. The molecule has 0 spiro atoms. The first-order chi connectivity index (χ1) is 14.2. The van der Waals surface area contributed by atoms with E-state index in [1.165, 1.54) is 7.05 Å². The van der Waals surface area contributed by atoms with Crippen LogP contribution in [0.15, 0.2) is 53.4 Å². The van der Waals surface area contributed by atoms with Gasteiger partial charge in [0.2, 0.25) is 15.9 Å². The van der Waals surface area contributed by atoms with Crippen molar-refractivity contribution in [3.8, 4) is 0 Å². The van der Waals surface area contributed by atoms with Gasteiger partial charge in [0.15, 0.2) is 0 Å². The number of amides is 2. The van der Waals surface area contributed by atoms with Gasteiger partial charge in [-0.25, -0.2) is 8.42 Å². The summed E-state index contributed by atoms with van der Waals surface area (Å²) in [5.41, 5.74) is 2.41. The summed E-state index contributed by atoms with van der Waals surface area (Å²) in [6.07, 6.45) is 1.83. The van der Waals surface area contributed by atoms with Gasteiger partial charge in [-0.3, -0.25) is 9.59 Å². The summed E-state index contributed by atoms with van der Waals surface area (Å²) in [6, 6.07) is 13.8. The molecule has 0 heterocycles. The van der Waals surface area contributed by atoms with Crippen molar-refractivity contribution in [1.29, 1.82) is 0 Å². The maximum Gasteiger partial charge on any atom is 0.251 e. The minimum absolute atomic E-state index is 0.131. The maximum atomic E-state index is 12.9. The Morgan fingerprint density at radius 1 is 1.03 bits per heavy atom. The number of benzene rings is 2. The van der Waals surface area contributed by atoms with Gasteiger partial charge >= 0.3 is 0 Å². The molecule has 3 rings (SSSR count). The summed E-state index contributed by atoms with van der Waals surface area (Å²) < 4.78 is 26.7. The molecule has 1 aliphatic rings. The Balaban J connectivity index is 1.70. The number of sulfonamides is 1. The van der Waals surface area contributed by atoms with Crippen molar-refractivity contribution in [2.45, 2.75) is 37.2 Å². The maximum absolute atomic E-state index is 12.9. The second kappa shape index (κ2) is 8.97. The van der Waals surface area contributed by atoms with Crippen LogP contribution in [0.25, 0.3) is 0 Å². The summed E-state index contributed by atoms with van der Waals surface area (Å²) in [6.45, 7) is 2.05. The minimum atomic E-state index is -3.74. The number of nitrogens with one attached hydrogen (secondary N) is 1. The fraction of sp³-hybridized carbons (Fsp3) is 0.364. The van der Waals surface area contributed by atoms with Crippen LogP contribution in [-0.2, 0) is 21.4 Å². The monoisotopic (exact) mass is 429 g/mol. The van der Waals surface area contributed by atoms with Gasteiger partial charge in [-0.05, 0) is 49.6 Å². The van der Waals surface area contributed by atoms with Crippen LogP contribution in [-0.4, -0.2) is 56.1 Å². The highest BCUT2D eigenvalue weighted by atomic mass is 32.2. The van der Waals surface area contributed by atoms with E-state index < -0.39 is 10.0 Å². The highest BCUT2D eigenvalue weighted by molar-refractivity contribution is 7.89. The summed E-state index contributed by atoms with van der Waals surface area (Å²) in [7, 11) is -0.738. The molecule has 2 aromatic rings. The van der Waals surface area contributed by atoms with Crippen molar-refractivity contribution >= 4 is 21.8 Å². The molecule has 2 amide bonds. The Kier molecular flexibility index (Phi) is 6.58. The third kappa shape index (κ3) is 5.06. The molecule has 30 heavy (non-hydrogen) atoms. The van der Waals surface area contributed by atoms with Gasteiger partial charge in [-0.15, -0.1) is 0 Å². The molecule has 1 aliphatic carbocycles. The lowest BCUT2D eigenvalue weighted by molar-refractivity contribution is -0.132. The summed E-state index contributed by atoms with van der Waals surface area (Å²) in [5, 5.41) is 2.57. The Morgan fingerprint density at radius 3 is 2.17 bits per heavy atom. The molecule has 0 saturated heterocycles. The number of hydrogen-bond donors (Lipinski definition) is 1. The smallest absolute Gasteiger partial charge is 0.251 e. The first-order valence-corrected chi connectivity index (χ1v) is 11.3. The SMILES string of the molecule is CNC(=O)c1ccc(CN(C(=O)CN(C)S(=O)(=O)c2ccc(C)cc2)C2CC2)cc1. The Labute approximate surface area is 177 Å². The molecule has 0 atom stereocenters. The van der Waals surface area contributed by atoms with E-state index in [2.05, 4.69) is 5.32 Å². The molecule has 0 aromatic heterocycles. The molecule has 0 bridgehead atoms. The normalized spacial score (nSPS) is 13.9. The van der Waals surface area contributed by atoms with E-state index in [0.29, 0.717) is 12.1 Å². The number of likely N-dealkylation sites (N-methyl/N-ethyl adjacent to an activating group) is 1. The Morgan fingerprint density at radius 2 is 1.63 bits per heavy atom. The van der Waals surface area contributed by atoms with Crippen molar-refractivity contribution in [3.05, 3.63) is 65.2 Å². The van der Waals surface area contributed by atoms with Crippen LogP contribution in [0, 0.1) is 6.92 Å². The first kappa shape index (κ1) is 22.0. The molecule has 2 aromatic carbocycles. The van der Waals surface area contributed by atoms with Gasteiger partial charge in [0, 0.05) is 32.2 Å². The molecule has 0 radical (unpaired) electrons. The fourth-order valence-electron chi connectivity index (χ4n) is 3.17. The van der Waals surface area contributed by atoms with Crippen LogP contribution in [0.3, 0.4) is 0 Å². The second-order valence-electron chi connectivity index (χ2n) is 7.60. The average molecular weight is 430 g/mol. The zero-order valence-corrected chi connectivity index (χ0v) is 18.3. The van der Waals surface area contributed by atoms with Crippen molar-refractivity contribution in [1.82, 2.24) is 14.5 Å². The molecule has 7 nitrogen and oxygen atoms in total. The van der Waals surface area contributed by atoms with Gasteiger partial charge < -0.3 is 10.2 Å². The van der Waals surface area contributed by atoms with Crippen molar-refractivity contribution in [2.75, 3.05) is 20.6 Å². The van der Waals surface area contributed by atoms with E-state index in [4.69, 9.17) is 0 Å². The van der Waals surface area contributed by atoms with Gasteiger partial charge in [0.05, 0.1) is 11.4 Å². The predicted octanol–water partition coefficient (Wildman–Crippen LogP) is 2.17. The van der Waals surface area contributed by atoms with E-state index >= 15 is 0 Å². The van der Waals surface area contributed by atoms with E-state index in [0.717, 1.165) is 28.3 Å². The topological polar surface area (TPSA) is 86.8 Å². The van der Waals surface area contributed by atoms with E-state index in [9.17, 15) is 18.0 Å². The van der Waals surface area contributed by atoms with Crippen LogP contribution in [0.1, 0.15) is 34.3 Å². The Bertz CT molecular complexity index is 1010. The van der Waals surface area contributed by atoms with Gasteiger partial charge in [0.1, 0.15) is 0 Å². The number of rotatable bonds is 8. The zero-order chi connectivity index (χ0) is 21.9. The summed E-state index contributed by atoms with van der Waals surface area (Å²) in [5.74, 6) is -0.398. The lowest BCUT2D eigenvalue weighted by Crippen LogP contribution is -2.41. The third-order valence-corrected chi connectivity index (χ3v) is 7.01. The van der Waals surface area contributed by atoms with Gasteiger partial charge in [-0.1, -0.05) is 29.8 Å². The van der Waals surface area contributed by atoms with Crippen molar-refractivity contribution in [3.63, 3.8) is 0 Å². The number of hydrogen-bond acceptors (Lipinski definition) is 4. The van der Waals surface area contributed by atoms with E-state index in [1.807, 2.05) is 19.1 Å². The molecular weight excluding hydrogens is 402 g/mol. The number of nitrogens with zero attached hydrogens (tertiary/aromatic N) is 2. The van der Waals surface area contributed by atoms with Crippen molar-refractivity contribution in [2.24, 2.45) is 0 Å². The van der Waals surface area contributed by atoms with Gasteiger partial charge in [0.25, 0.3) is 5.91 Å². The molecular formula is C22H27N3O4S. The van der Waals surface area contributed by atoms with Crippen molar-refractivity contribution < 1.29 is 18.0 Å².